The summed E-state index contributed by atoms with van der Waals surface area (Å²) in [6.07, 6.45) is 0.864. The molecule has 2 unspecified atom stereocenters. The lowest BCUT2D eigenvalue weighted by molar-refractivity contribution is -0.131. The maximum atomic E-state index is 12.2. The van der Waals surface area contributed by atoms with Crippen molar-refractivity contribution in [3.05, 3.63) is 33.8 Å². The predicted octanol–water partition coefficient (Wildman–Crippen LogP) is 2.77. The monoisotopic (exact) mass is 300 g/mol. The Kier molecular flexibility index (Phi) is 4.71. The predicted molar refractivity (Wildman–Crippen MR) is 78.9 cm³/mol. The second kappa shape index (κ2) is 6.12. The van der Waals surface area contributed by atoms with Crippen LogP contribution in [-0.4, -0.2) is 38.0 Å². The standard InChI is InChI=1S/C14H18Cl2N2O/c1-17-6-7-18(2)14(19)11-8-10(11)9-4-3-5-12(15)13(9)16/h3-5,10-11,17H,6-8H2,1-2H3. The number of hydrogen-bond donors (Lipinski definition) is 1. The van der Waals surface area contributed by atoms with Crippen molar-refractivity contribution in [2.24, 2.45) is 5.92 Å². The van der Waals surface area contributed by atoms with Gasteiger partial charge in [-0.15, -0.1) is 0 Å². The Morgan fingerprint density at radius 1 is 1.47 bits per heavy atom. The summed E-state index contributed by atoms with van der Waals surface area (Å²) in [7, 11) is 3.72. The van der Waals surface area contributed by atoms with Crippen LogP contribution >= 0.6 is 23.2 Å². The van der Waals surface area contributed by atoms with Gasteiger partial charge in [-0.05, 0) is 31.0 Å². The van der Waals surface area contributed by atoms with Gasteiger partial charge in [-0.2, -0.15) is 0 Å². The molecule has 0 aromatic heterocycles. The summed E-state index contributed by atoms with van der Waals surface area (Å²) >= 11 is 12.2. The van der Waals surface area contributed by atoms with Gasteiger partial charge in [-0.1, -0.05) is 35.3 Å². The number of benzene rings is 1. The molecule has 0 saturated heterocycles. The first-order valence-electron chi connectivity index (χ1n) is 6.39. The van der Waals surface area contributed by atoms with Gasteiger partial charge in [-0.3, -0.25) is 4.79 Å². The van der Waals surface area contributed by atoms with Crippen LogP contribution in [0.25, 0.3) is 0 Å². The van der Waals surface area contributed by atoms with Crippen molar-refractivity contribution >= 4 is 29.1 Å². The van der Waals surface area contributed by atoms with E-state index in [9.17, 15) is 4.79 Å². The van der Waals surface area contributed by atoms with Crippen LogP contribution in [0, 0.1) is 5.92 Å². The number of halogens is 2. The van der Waals surface area contributed by atoms with Gasteiger partial charge in [0.2, 0.25) is 5.91 Å². The van der Waals surface area contributed by atoms with Crippen molar-refractivity contribution in [2.45, 2.75) is 12.3 Å². The molecule has 19 heavy (non-hydrogen) atoms. The molecule has 1 aromatic carbocycles. The molecular formula is C14H18Cl2N2O. The van der Waals surface area contributed by atoms with Gasteiger partial charge in [0.05, 0.1) is 10.0 Å². The number of nitrogens with zero attached hydrogens (tertiary/aromatic N) is 1. The first-order valence-corrected chi connectivity index (χ1v) is 7.15. The van der Waals surface area contributed by atoms with E-state index in [1.165, 1.54) is 0 Å². The Labute approximate surface area is 123 Å². The van der Waals surface area contributed by atoms with Crippen molar-refractivity contribution in [1.29, 1.82) is 0 Å². The van der Waals surface area contributed by atoms with E-state index in [4.69, 9.17) is 23.2 Å². The Morgan fingerprint density at radius 3 is 2.89 bits per heavy atom. The summed E-state index contributed by atoms with van der Waals surface area (Å²) in [5.74, 6) is 0.463. The van der Waals surface area contributed by atoms with E-state index < -0.39 is 0 Å². The van der Waals surface area contributed by atoms with Crippen molar-refractivity contribution in [3.8, 4) is 0 Å². The van der Waals surface area contributed by atoms with E-state index in [1.807, 2.05) is 26.2 Å². The Bertz CT molecular complexity index is 479. The average Bonchev–Trinajstić information content (AvgIpc) is 3.18. The third-order valence-electron chi connectivity index (χ3n) is 3.56. The minimum Gasteiger partial charge on any atom is -0.344 e. The minimum atomic E-state index is 0.0535. The maximum absolute atomic E-state index is 12.2. The quantitative estimate of drug-likeness (QED) is 0.907. The van der Waals surface area contributed by atoms with Crippen molar-refractivity contribution < 1.29 is 4.79 Å². The molecule has 1 aromatic rings. The normalized spacial score (nSPS) is 21.3. The number of amides is 1. The second-order valence-corrected chi connectivity index (χ2v) is 5.74. The number of likely N-dealkylation sites (N-methyl/N-ethyl adjacent to an activating group) is 2. The topological polar surface area (TPSA) is 32.3 Å². The smallest absolute Gasteiger partial charge is 0.226 e. The molecule has 0 aliphatic heterocycles. The largest absolute Gasteiger partial charge is 0.344 e. The summed E-state index contributed by atoms with van der Waals surface area (Å²) in [5, 5.41) is 4.18. The van der Waals surface area contributed by atoms with E-state index in [0.717, 1.165) is 25.1 Å². The summed E-state index contributed by atoms with van der Waals surface area (Å²) in [4.78, 5) is 14.0. The van der Waals surface area contributed by atoms with E-state index in [2.05, 4.69) is 5.32 Å². The van der Waals surface area contributed by atoms with Crippen LogP contribution in [0.1, 0.15) is 17.9 Å². The molecule has 2 rings (SSSR count). The molecule has 104 valence electrons. The van der Waals surface area contributed by atoms with E-state index in [1.54, 1.807) is 11.0 Å². The summed E-state index contributed by atoms with van der Waals surface area (Å²) < 4.78 is 0. The van der Waals surface area contributed by atoms with Crippen molar-refractivity contribution in [2.75, 3.05) is 27.2 Å². The highest BCUT2D eigenvalue weighted by molar-refractivity contribution is 6.42. The van der Waals surface area contributed by atoms with E-state index in [0.29, 0.717) is 10.0 Å². The molecule has 0 heterocycles. The molecule has 0 spiro atoms. The highest BCUT2D eigenvalue weighted by atomic mass is 35.5. The third kappa shape index (κ3) is 3.22. The van der Waals surface area contributed by atoms with Gasteiger partial charge in [0, 0.05) is 26.1 Å². The molecule has 1 aliphatic carbocycles. The van der Waals surface area contributed by atoms with Crippen LogP contribution < -0.4 is 5.32 Å². The zero-order valence-corrected chi connectivity index (χ0v) is 12.6. The molecule has 1 N–H and O–H groups in total. The summed E-state index contributed by atoms with van der Waals surface area (Å²) in [6.45, 7) is 1.53. The molecule has 0 bridgehead atoms. The second-order valence-electron chi connectivity index (χ2n) is 4.96. The van der Waals surface area contributed by atoms with Crippen LogP contribution in [0.15, 0.2) is 18.2 Å². The molecule has 1 amide bonds. The van der Waals surface area contributed by atoms with Gasteiger partial charge in [0.1, 0.15) is 0 Å². The van der Waals surface area contributed by atoms with Gasteiger partial charge in [0.25, 0.3) is 0 Å². The molecule has 3 nitrogen and oxygen atoms in total. The molecule has 2 atom stereocenters. The van der Waals surface area contributed by atoms with Crippen LogP contribution in [0.5, 0.6) is 0 Å². The summed E-state index contributed by atoms with van der Waals surface area (Å²) in [5.41, 5.74) is 0.995. The van der Waals surface area contributed by atoms with Gasteiger partial charge in [0.15, 0.2) is 0 Å². The minimum absolute atomic E-state index is 0.0535. The van der Waals surface area contributed by atoms with Crippen LogP contribution in [0.3, 0.4) is 0 Å². The number of carbonyl (C=O) groups is 1. The number of carbonyl (C=O) groups excluding carboxylic acids is 1. The fourth-order valence-corrected chi connectivity index (χ4v) is 2.74. The molecule has 1 fully saturated rings. The van der Waals surface area contributed by atoms with Gasteiger partial charge >= 0.3 is 0 Å². The lowest BCUT2D eigenvalue weighted by Crippen LogP contribution is -2.34. The number of hydrogen-bond acceptors (Lipinski definition) is 2. The fourth-order valence-electron chi connectivity index (χ4n) is 2.29. The van der Waals surface area contributed by atoms with E-state index in [-0.39, 0.29) is 17.7 Å². The third-order valence-corrected chi connectivity index (χ3v) is 4.40. The lowest BCUT2D eigenvalue weighted by atomic mass is 10.1. The van der Waals surface area contributed by atoms with Gasteiger partial charge < -0.3 is 10.2 Å². The highest BCUT2D eigenvalue weighted by Crippen LogP contribution is 2.51. The SMILES string of the molecule is CNCCN(C)C(=O)C1CC1c1cccc(Cl)c1Cl. The first-order chi connectivity index (χ1) is 9.06. The zero-order valence-electron chi connectivity index (χ0n) is 11.1. The zero-order chi connectivity index (χ0) is 14.0. The Morgan fingerprint density at radius 2 is 2.21 bits per heavy atom. The first kappa shape index (κ1) is 14.6. The highest BCUT2D eigenvalue weighted by Gasteiger charge is 2.46. The molecule has 1 saturated carbocycles. The van der Waals surface area contributed by atoms with Gasteiger partial charge in [-0.25, -0.2) is 0 Å². The van der Waals surface area contributed by atoms with Crippen LogP contribution in [0.4, 0.5) is 0 Å². The Balaban J connectivity index is 2.00. The number of nitrogens with one attached hydrogen (secondary N) is 1. The Hall–Kier alpha value is -0.770. The van der Waals surface area contributed by atoms with E-state index >= 15 is 0 Å². The maximum Gasteiger partial charge on any atom is 0.226 e. The van der Waals surface area contributed by atoms with Crippen molar-refractivity contribution in [3.63, 3.8) is 0 Å². The summed E-state index contributed by atoms with van der Waals surface area (Å²) in [6, 6.07) is 5.61. The molecule has 0 radical (unpaired) electrons. The molecular weight excluding hydrogens is 283 g/mol. The fraction of sp³-hybridized carbons (Fsp3) is 0.500. The molecule has 1 aliphatic rings. The van der Waals surface area contributed by atoms with Crippen LogP contribution in [-0.2, 0) is 4.79 Å². The number of rotatable bonds is 5. The lowest BCUT2D eigenvalue weighted by Gasteiger charge is -2.17. The average molecular weight is 301 g/mol. The van der Waals surface area contributed by atoms with Crippen molar-refractivity contribution in [1.82, 2.24) is 10.2 Å². The van der Waals surface area contributed by atoms with Crippen LogP contribution in [0.2, 0.25) is 10.0 Å². The molecule has 5 heteroatoms.